The molecule has 0 atom stereocenters. The molecule has 1 heterocycles. The van der Waals surface area contributed by atoms with Gasteiger partial charge < -0.3 is 15.0 Å². The number of carbonyl (C=O) groups excluding carboxylic acids is 1. The molecule has 23 heavy (non-hydrogen) atoms. The van der Waals surface area contributed by atoms with Crippen LogP contribution >= 0.6 is 0 Å². The second-order valence-corrected chi connectivity index (χ2v) is 6.11. The van der Waals surface area contributed by atoms with Crippen molar-refractivity contribution in [3.8, 4) is 0 Å². The molecule has 0 aliphatic carbocycles. The normalized spacial score (nSPS) is 11.0. The first-order valence-electron chi connectivity index (χ1n) is 8.10. The molecule has 0 aliphatic heterocycles. The fourth-order valence-corrected chi connectivity index (χ4v) is 2.57. The number of nitrogens with one attached hydrogen (secondary N) is 3. The van der Waals surface area contributed by atoms with E-state index in [9.17, 15) is 4.79 Å². The van der Waals surface area contributed by atoms with E-state index < -0.39 is 0 Å². The number of anilines is 1. The van der Waals surface area contributed by atoms with Crippen LogP contribution in [0.15, 0.2) is 18.3 Å². The van der Waals surface area contributed by atoms with E-state index in [1.165, 1.54) is 16.0 Å². The summed E-state index contributed by atoms with van der Waals surface area (Å²) in [5, 5.41) is 4.45. The summed E-state index contributed by atoms with van der Waals surface area (Å²) in [6.45, 7) is 8.12. The molecule has 0 unspecified atom stereocenters. The Morgan fingerprint density at radius 2 is 2.04 bits per heavy atom. The second kappa shape index (κ2) is 7.42. The lowest BCUT2D eigenvalue weighted by Crippen LogP contribution is -3.06. The van der Waals surface area contributed by atoms with Crippen LogP contribution in [0.3, 0.4) is 0 Å². The predicted molar refractivity (Wildman–Crippen MR) is 92.1 cm³/mol. The Balaban J connectivity index is 2.52. The number of hydrogen-bond acceptors (Lipinski definition) is 3. The molecule has 5 heteroatoms. The number of rotatable bonds is 6. The Bertz CT molecular complexity index is 711. The molecule has 0 fully saturated rings. The number of aryl methyl sites for hydroxylation is 2. The number of ether oxygens (including phenoxy) is 1. The number of hydrogen-bond donors (Lipinski definition) is 2. The summed E-state index contributed by atoms with van der Waals surface area (Å²) in [7, 11) is 4.22. The number of pyridine rings is 1. The van der Waals surface area contributed by atoms with Crippen molar-refractivity contribution in [2.75, 3.05) is 39.1 Å². The summed E-state index contributed by atoms with van der Waals surface area (Å²) in [6.07, 6.45) is 1.75. The quantitative estimate of drug-likeness (QED) is 0.782. The van der Waals surface area contributed by atoms with Gasteiger partial charge in [0, 0.05) is 5.56 Å². The number of aromatic nitrogens is 1. The van der Waals surface area contributed by atoms with Crippen LogP contribution in [0.5, 0.6) is 0 Å². The van der Waals surface area contributed by atoms with Crippen LogP contribution in [0.25, 0.3) is 10.9 Å². The van der Waals surface area contributed by atoms with Gasteiger partial charge in [-0.25, -0.2) is 9.78 Å². The predicted octanol–water partition coefficient (Wildman–Crippen LogP) is 1.00. The summed E-state index contributed by atoms with van der Waals surface area (Å²) >= 11 is 0. The van der Waals surface area contributed by atoms with E-state index in [1.807, 2.05) is 6.92 Å². The first-order chi connectivity index (χ1) is 11.0. The van der Waals surface area contributed by atoms with Gasteiger partial charge in [-0.2, -0.15) is 0 Å². The molecule has 0 aliphatic rings. The minimum absolute atomic E-state index is 0.302. The third-order valence-corrected chi connectivity index (χ3v) is 4.06. The van der Waals surface area contributed by atoms with Gasteiger partial charge in [-0.15, -0.1) is 0 Å². The SMILES string of the molecule is CCOC(=O)c1c[nH+]c2c(C)c(C)ccc2c1NCC[NH+](C)C. The third kappa shape index (κ3) is 3.79. The molecule has 2 aromatic rings. The molecule has 124 valence electrons. The maximum absolute atomic E-state index is 12.3. The molecule has 3 N–H and O–H groups in total. The Kier molecular flexibility index (Phi) is 5.55. The van der Waals surface area contributed by atoms with Crippen molar-refractivity contribution < 1.29 is 19.4 Å². The van der Waals surface area contributed by atoms with Gasteiger partial charge in [-0.05, 0) is 32.4 Å². The molecule has 1 aromatic heterocycles. The van der Waals surface area contributed by atoms with Crippen molar-refractivity contribution in [2.45, 2.75) is 20.8 Å². The highest BCUT2D eigenvalue weighted by molar-refractivity contribution is 6.04. The fraction of sp³-hybridized carbons (Fsp3) is 0.444. The van der Waals surface area contributed by atoms with E-state index in [0.29, 0.717) is 12.2 Å². The molecule has 1 aromatic carbocycles. The standard InChI is InChI=1S/C18H25N3O2/c1-6-23-18(22)15-11-20-16-13(3)12(2)7-8-14(16)17(15)19-9-10-21(4)5/h7-8,11H,6,9-10H2,1-5H3,(H,19,20)/p+2. The number of aromatic amines is 1. The van der Waals surface area contributed by atoms with E-state index in [2.05, 4.69) is 50.4 Å². The average Bonchev–Trinajstić information content (AvgIpc) is 2.51. The Morgan fingerprint density at radius 3 is 2.70 bits per heavy atom. The number of likely N-dealkylation sites (N-methyl/N-ethyl adjacent to an activating group) is 1. The van der Waals surface area contributed by atoms with Gasteiger partial charge in [0.05, 0.1) is 44.9 Å². The summed E-state index contributed by atoms with van der Waals surface area (Å²) in [6, 6.07) is 4.14. The molecule has 0 amide bonds. The maximum atomic E-state index is 12.3. The number of carbonyl (C=O) groups is 1. The molecule has 0 saturated carbocycles. The van der Waals surface area contributed by atoms with Gasteiger partial charge >= 0.3 is 5.97 Å². The van der Waals surface area contributed by atoms with Crippen LogP contribution in [0, 0.1) is 13.8 Å². The molecule has 5 nitrogen and oxygen atoms in total. The Hall–Kier alpha value is -2.14. The molecule has 0 radical (unpaired) electrons. The van der Waals surface area contributed by atoms with Crippen molar-refractivity contribution in [1.29, 1.82) is 0 Å². The van der Waals surface area contributed by atoms with Gasteiger partial charge in [-0.3, -0.25) is 0 Å². The van der Waals surface area contributed by atoms with E-state index in [1.54, 1.807) is 6.20 Å². The third-order valence-electron chi connectivity index (χ3n) is 4.06. The van der Waals surface area contributed by atoms with Gasteiger partial charge in [0.25, 0.3) is 0 Å². The van der Waals surface area contributed by atoms with Crippen LogP contribution in [-0.4, -0.2) is 39.8 Å². The van der Waals surface area contributed by atoms with Crippen molar-refractivity contribution in [3.63, 3.8) is 0 Å². The van der Waals surface area contributed by atoms with E-state index in [-0.39, 0.29) is 5.97 Å². The zero-order valence-electron chi connectivity index (χ0n) is 14.7. The van der Waals surface area contributed by atoms with E-state index in [0.717, 1.165) is 29.7 Å². The Morgan fingerprint density at radius 1 is 1.30 bits per heavy atom. The Labute approximate surface area is 137 Å². The van der Waals surface area contributed by atoms with Crippen LogP contribution < -0.4 is 15.2 Å². The molecular weight excluding hydrogens is 290 g/mol. The molecule has 0 spiro atoms. The molecule has 0 bridgehead atoms. The number of fused-ring (bicyclic) bond motifs is 1. The smallest absolute Gasteiger partial charge is 0.346 e. The average molecular weight is 317 g/mol. The van der Waals surface area contributed by atoms with Gasteiger partial charge in [-0.1, -0.05) is 6.07 Å². The topological polar surface area (TPSA) is 56.9 Å². The van der Waals surface area contributed by atoms with Crippen LogP contribution in [0.1, 0.15) is 28.4 Å². The van der Waals surface area contributed by atoms with Gasteiger partial charge in [0.1, 0.15) is 5.56 Å². The molecule has 2 rings (SSSR count). The minimum Gasteiger partial charge on any atom is -0.462 e. The van der Waals surface area contributed by atoms with Crippen molar-refractivity contribution >= 4 is 22.6 Å². The van der Waals surface area contributed by atoms with Gasteiger partial charge in [0.15, 0.2) is 6.20 Å². The first-order valence-corrected chi connectivity index (χ1v) is 8.10. The highest BCUT2D eigenvalue weighted by Crippen LogP contribution is 2.28. The van der Waals surface area contributed by atoms with E-state index >= 15 is 0 Å². The largest absolute Gasteiger partial charge is 0.462 e. The first kappa shape index (κ1) is 17.2. The molecule has 0 saturated heterocycles. The summed E-state index contributed by atoms with van der Waals surface area (Å²) in [5.74, 6) is -0.302. The fourth-order valence-electron chi connectivity index (χ4n) is 2.57. The van der Waals surface area contributed by atoms with Crippen molar-refractivity contribution in [3.05, 3.63) is 35.0 Å². The summed E-state index contributed by atoms with van der Waals surface area (Å²) < 4.78 is 5.19. The monoisotopic (exact) mass is 317 g/mol. The second-order valence-electron chi connectivity index (χ2n) is 6.11. The summed E-state index contributed by atoms with van der Waals surface area (Å²) in [5.41, 5.74) is 4.87. The number of H-pyrrole nitrogens is 1. The van der Waals surface area contributed by atoms with Crippen LogP contribution in [0.2, 0.25) is 0 Å². The minimum atomic E-state index is -0.302. The number of benzene rings is 1. The van der Waals surface area contributed by atoms with Crippen LogP contribution in [0.4, 0.5) is 5.69 Å². The van der Waals surface area contributed by atoms with Crippen molar-refractivity contribution in [2.24, 2.45) is 0 Å². The number of quaternary nitrogens is 1. The zero-order chi connectivity index (χ0) is 17.0. The zero-order valence-corrected chi connectivity index (χ0v) is 14.7. The molecular formula is C18H27N3O2+2. The van der Waals surface area contributed by atoms with E-state index in [4.69, 9.17) is 4.74 Å². The highest BCUT2D eigenvalue weighted by atomic mass is 16.5. The van der Waals surface area contributed by atoms with Crippen LogP contribution in [-0.2, 0) is 4.74 Å². The lowest BCUT2D eigenvalue weighted by Gasteiger charge is -2.14. The summed E-state index contributed by atoms with van der Waals surface area (Å²) in [4.78, 5) is 16.9. The highest BCUT2D eigenvalue weighted by Gasteiger charge is 2.21. The van der Waals surface area contributed by atoms with Crippen molar-refractivity contribution in [1.82, 2.24) is 0 Å². The maximum Gasteiger partial charge on any atom is 0.346 e. The number of esters is 1. The lowest BCUT2D eigenvalue weighted by molar-refractivity contribution is -0.856. The van der Waals surface area contributed by atoms with Gasteiger partial charge in [0.2, 0.25) is 5.52 Å². The lowest BCUT2D eigenvalue weighted by atomic mass is 10.0.